The number of halogens is 1. The Morgan fingerprint density at radius 2 is 2.33 bits per heavy atom. The van der Waals surface area contributed by atoms with Gasteiger partial charge in [-0.05, 0) is 39.3 Å². The van der Waals surface area contributed by atoms with Crippen molar-refractivity contribution >= 4 is 23.7 Å². The van der Waals surface area contributed by atoms with E-state index in [1.807, 2.05) is 6.92 Å². The molecule has 1 N–H and O–H groups in total. The first kappa shape index (κ1) is 18.8. The van der Waals surface area contributed by atoms with E-state index < -0.39 is 0 Å². The first-order chi connectivity index (χ1) is 9.52. The summed E-state index contributed by atoms with van der Waals surface area (Å²) >= 11 is 1.71. The fraction of sp³-hybridized carbons (Fsp3) is 0.800. The van der Waals surface area contributed by atoms with Crippen LogP contribution in [0.3, 0.4) is 0 Å². The third-order valence-electron chi connectivity index (χ3n) is 3.87. The van der Waals surface area contributed by atoms with E-state index in [-0.39, 0.29) is 18.5 Å². The van der Waals surface area contributed by atoms with E-state index in [4.69, 9.17) is 9.72 Å². The summed E-state index contributed by atoms with van der Waals surface area (Å²) in [4.78, 5) is 7.09. The summed E-state index contributed by atoms with van der Waals surface area (Å²) in [5, 5.41) is 6.71. The van der Waals surface area contributed by atoms with Gasteiger partial charge in [0.05, 0.1) is 5.69 Å². The summed E-state index contributed by atoms with van der Waals surface area (Å²) in [5.74, 6) is 0. The van der Waals surface area contributed by atoms with Crippen LogP contribution in [-0.2, 0) is 11.3 Å². The van der Waals surface area contributed by atoms with E-state index >= 15 is 0 Å². The van der Waals surface area contributed by atoms with Crippen molar-refractivity contribution in [3.63, 3.8) is 0 Å². The molecule has 2 heterocycles. The molecule has 0 spiro atoms. The van der Waals surface area contributed by atoms with Crippen molar-refractivity contribution in [3.05, 3.63) is 16.1 Å². The van der Waals surface area contributed by atoms with Crippen LogP contribution < -0.4 is 5.32 Å². The predicted octanol–water partition coefficient (Wildman–Crippen LogP) is 3.09. The first-order valence-electron chi connectivity index (χ1n) is 7.47. The largest absolute Gasteiger partial charge is 0.372 e. The highest BCUT2D eigenvalue weighted by Crippen LogP contribution is 2.26. The molecule has 21 heavy (non-hydrogen) atoms. The maximum absolute atomic E-state index is 5.60. The van der Waals surface area contributed by atoms with Gasteiger partial charge < -0.3 is 10.1 Å². The Bertz CT molecular complexity index is 421. The molecule has 1 aliphatic heterocycles. The van der Waals surface area contributed by atoms with Crippen molar-refractivity contribution in [1.29, 1.82) is 0 Å². The molecule has 0 saturated carbocycles. The van der Waals surface area contributed by atoms with Crippen LogP contribution in [0, 0.1) is 5.41 Å². The average molecular weight is 334 g/mol. The Balaban J connectivity index is 0.00000220. The molecule has 0 bridgehead atoms. The number of thiazole rings is 1. The van der Waals surface area contributed by atoms with Crippen LogP contribution in [0.15, 0.2) is 5.38 Å². The molecule has 122 valence electrons. The molecule has 4 nitrogen and oxygen atoms in total. The Hall–Kier alpha value is -0.200. The van der Waals surface area contributed by atoms with E-state index in [2.05, 4.69) is 36.5 Å². The van der Waals surface area contributed by atoms with Gasteiger partial charge in [0.2, 0.25) is 0 Å². The summed E-state index contributed by atoms with van der Waals surface area (Å²) in [7, 11) is 2.19. The molecule has 1 aromatic heterocycles. The van der Waals surface area contributed by atoms with Gasteiger partial charge in [0.15, 0.2) is 0 Å². The molecule has 1 aliphatic rings. The lowest BCUT2D eigenvalue weighted by Gasteiger charge is -2.28. The van der Waals surface area contributed by atoms with Gasteiger partial charge in [0.1, 0.15) is 11.1 Å². The first-order valence-corrected chi connectivity index (χ1v) is 8.35. The number of aromatic nitrogens is 1. The van der Waals surface area contributed by atoms with E-state index in [0.717, 1.165) is 43.5 Å². The minimum Gasteiger partial charge on any atom is -0.372 e. The van der Waals surface area contributed by atoms with Gasteiger partial charge in [-0.15, -0.1) is 23.7 Å². The zero-order valence-electron chi connectivity index (χ0n) is 13.5. The van der Waals surface area contributed by atoms with Crippen LogP contribution >= 0.6 is 23.7 Å². The number of hydrogen-bond donors (Lipinski definition) is 1. The number of hydrogen-bond acceptors (Lipinski definition) is 5. The minimum atomic E-state index is 0. The van der Waals surface area contributed by atoms with Crippen molar-refractivity contribution in [2.24, 2.45) is 5.41 Å². The van der Waals surface area contributed by atoms with Crippen molar-refractivity contribution in [2.75, 3.05) is 33.3 Å². The predicted molar refractivity (Wildman–Crippen MR) is 91.3 cm³/mol. The van der Waals surface area contributed by atoms with Gasteiger partial charge in [-0.1, -0.05) is 6.92 Å². The van der Waals surface area contributed by atoms with Crippen LogP contribution in [0.1, 0.15) is 44.0 Å². The van der Waals surface area contributed by atoms with Gasteiger partial charge in [-0.2, -0.15) is 0 Å². The quantitative estimate of drug-likeness (QED) is 0.832. The fourth-order valence-corrected chi connectivity index (χ4v) is 3.70. The van der Waals surface area contributed by atoms with Crippen molar-refractivity contribution in [2.45, 2.75) is 39.8 Å². The Morgan fingerprint density at radius 3 is 2.95 bits per heavy atom. The van der Waals surface area contributed by atoms with Crippen LogP contribution in [0.4, 0.5) is 0 Å². The maximum atomic E-state index is 5.60. The summed E-state index contributed by atoms with van der Waals surface area (Å²) < 4.78 is 5.60. The maximum Gasteiger partial charge on any atom is 0.122 e. The molecule has 0 radical (unpaired) electrons. The monoisotopic (exact) mass is 333 g/mol. The smallest absolute Gasteiger partial charge is 0.122 e. The molecule has 0 amide bonds. The third kappa shape index (κ3) is 5.49. The van der Waals surface area contributed by atoms with Gasteiger partial charge in [0, 0.05) is 31.6 Å². The molecule has 1 aromatic rings. The Kier molecular flexibility index (Phi) is 7.57. The molecule has 2 atom stereocenters. The lowest BCUT2D eigenvalue weighted by molar-refractivity contribution is 0.0760. The number of nitrogens with one attached hydrogen (secondary N) is 1. The van der Waals surface area contributed by atoms with E-state index in [0.29, 0.717) is 5.41 Å². The molecule has 1 fully saturated rings. The standard InChI is InChI=1S/C15H27N3OS.ClH/c1-5-19-12(2)14-17-13(9-20-14)8-18(4)11-15(3)6-7-16-10-15;/h9,12,16H,5-8,10-11H2,1-4H3;1H. The van der Waals surface area contributed by atoms with E-state index in [1.54, 1.807) is 11.3 Å². The summed E-state index contributed by atoms with van der Waals surface area (Å²) in [6.45, 7) is 11.5. The molecule has 2 rings (SSSR count). The second-order valence-electron chi connectivity index (χ2n) is 6.18. The van der Waals surface area contributed by atoms with Crippen LogP contribution in [0.25, 0.3) is 0 Å². The molecule has 2 unspecified atom stereocenters. The highest BCUT2D eigenvalue weighted by Gasteiger charge is 2.29. The number of nitrogens with zero attached hydrogens (tertiary/aromatic N) is 2. The van der Waals surface area contributed by atoms with Crippen LogP contribution in [-0.4, -0.2) is 43.2 Å². The molecular formula is C15H28ClN3OS. The Morgan fingerprint density at radius 1 is 1.57 bits per heavy atom. The second-order valence-corrected chi connectivity index (χ2v) is 7.07. The zero-order chi connectivity index (χ0) is 14.6. The Labute approximate surface area is 138 Å². The van der Waals surface area contributed by atoms with Crippen LogP contribution in [0.2, 0.25) is 0 Å². The van der Waals surface area contributed by atoms with Crippen molar-refractivity contribution in [1.82, 2.24) is 15.2 Å². The van der Waals surface area contributed by atoms with Crippen LogP contribution in [0.5, 0.6) is 0 Å². The number of ether oxygens (including phenoxy) is 1. The highest BCUT2D eigenvalue weighted by atomic mass is 35.5. The molecule has 6 heteroatoms. The normalized spacial score (nSPS) is 23.3. The van der Waals surface area contributed by atoms with Gasteiger partial charge in [-0.25, -0.2) is 4.98 Å². The lowest BCUT2D eigenvalue weighted by Crippen LogP contribution is -2.34. The van der Waals surface area contributed by atoms with Crippen molar-refractivity contribution in [3.8, 4) is 0 Å². The summed E-state index contributed by atoms with van der Waals surface area (Å²) in [6.07, 6.45) is 1.38. The molecular weight excluding hydrogens is 306 g/mol. The fourth-order valence-electron chi connectivity index (χ4n) is 2.89. The topological polar surface area (TPSA) is 37.4 Å². The van der Waals surface area contributed by atoms with Gasteiger partial charge in [-0.3, -0.25) is 4.90 Å². The summed E-state index contributed by atoms with van der Waals surface area (Å²) in [6, 6.07) is 0. The van der Waals surface area contributed by atoms with Gasteiger partial charge in [0.25, 0.3) is 0 Å². The molecule has 1 saturated heterocycles. The molecule has 0 aliphatic carbocycles. The third-order valence-corrected chi connectivity index (χ3v) is 4.93. The van der Waals surface area contributed by atoms with E-state index in [9.17, 15) is 0 Å². The average Bonchev–Trinajstić information content (AvgIpc) is 2.99. The molecule has 0 aromatic carbocycles. The minimum absolute atomic E-state index is 0. The highest BCUT2D eigenvalue weighted by molar-refractivity contribution is 7.09. The van der Waals surface area contributed by atoms with Gasteiger partial charge >= 0.3 is 0 Å². The van der Waals surface area contributed by atoms with Crippen molar-refractivity contribution < 1.29 is 4.74 Å². The zero-order valence-corrected chi connectivity index (χ0v) is 15.1. The van der Waals surface area contributed by atoms with E-state index in [1.165, 1.54) is 6.42 Å². The SMILES string of the molecule is CCOC(C)c1nc(CN(C)CC2(C)CCNC2)cs1.Cl. The second kappa shape index (κ2) is 8.44. The lowest BCUT2D eigenvalue weighted by atomic mass is 9.89. The summed E-state index contributed by atoms with van der Waals surface area (Å²) in [5.41, 5.74) is 1.57. The number of rotatable bonds is 7.